The summed E-state index contributed by atoms with van der Waals surface area (Å²) in [5.41, 5.74) is 0.568. The lowest BCUT2D eigenvalue weighted by Gasteiger charge is -2.41. The maximum atomic E-state index is 15.1. The molecule has 4 heterocycles. The Morgan fingerprint density at radius 3 is 2.62 bits per heavy atom. The largest absolute Gasteiger partial charge is 0.390 e. The number of fused-ring (bicyclic) bond motifs is 1. The number of sulfone groups is 1. The Labute approximate surface area is 229 Å². The van der Waals surface area contributed by atoms with E-state index < -0.39 is 21.6 Å². The molecule has 0 aliphatic carbocycles. The van der Waals surface area contributed by atoms with Crippen LogP contribution in [0.25, 0.3) is 10.8 Å². The fourth-order valence-electron chi connectivity index (χ4n) is 5.65. The number of nitrogens with zero attached hydrogens (tertiary/aromatic N) is 5. The highest BCUT2D eigenvalue weighted by atomic mass is 32.2. The van der Waals surface area contributed by atoms with Crippen molar-refractivity contribution in [3.8, 4) is 0 Å². The third kappa shape index (κ3) is 5.79. The van der Waals surface area contributed by atoms with Crippen LogP contribution >= 0.6 is 0 Å². The summed E-state index contributed by atoms with van der Waals surface area (Å²) in [5.74, 6) is 2.24. The second kappa shape index (κ2) is 10.5. The minimum absolute atomic E-state index is 0.0460. The van der Waals surface area contributed by atoms with Crippen molar-refractivity contribution >= 4 is 43.9 Å². The van der Waals surface area contributed by atoms with Gasteiger partial charge in [-0.25, -0.2) is 22.8 Å². The van der Waals surface area contributed by atoms with Gasteiger partial charge in [-0.3, -0.25) is 0 Å². The molecule has 2 aliphatic rings. The summed E-state index contributed by atoms with van der Waals surface area (Å²) in [4.78, 5) is 17.6. The Hall–Kier alpha value is -3.05. The summed E-state index contributed by atoms with van der Waals surface area (Å²) < 4.78 is 38.5. The van der Waals surface area contributed by atoms with E-state index in [-0.39, 0.29) is 24.6 Å². The number of aliphatic hydroxyl groups excluding tert-OH is 1. The van der Waals surface area contributed by atoms with E-state index >= 15 is 4.39 Å². The van der Waals surface area contributed by atoms with Gasteiger partial charge in [0.25, 0.3) is 0 Å². The standard InChI is InChI=1S/C28H37FN6O3S/c1-5-28(29)17-34(11-9-24(28)36)27-30-10-8-25(33-27)32-26-12-21-20(18(2)3)6-7-23(22(21)13-31-26)35-14-19(15-35)16-39(4,37)38/h6-8,10,12-13,18-19,24,36H,5,9,11,14-17H2,1-4H3,(H,30,31,32,33)/t24-,28+/m0/s1. The van der Waals surface area contributed by atoms with Crippen LogP contribution in [0.1, 0.15) is 45.1 Å². The highest BCUT2D eigenvalue weighted by Crippen LogP contribution is 2.37. The molecule has 3 aromatic rings. The lowest BCUT2D eigenvalue weighted by atomic mass is 9.89. The number of benzene rings is 1. The van der Waals surface area contributed by atoms with Gasteiger partial charge in [0, 0.05) is 55.3 Å². The average molecular weight is 557 g/mol. The molecule has 9 nitrogen and oxygen atoms in total. The maximum absolute atomic E-state index is 15.1. The topological polar surface area (TPSA) is 112 Å². The normalized spacial score (nSPS) is 22.4. The molecule has 39 heavy (non-hydrogen) atoms. The van der Waals surface area contributed by atoms with E-state index in [9.17, 15) is 13.5 Å². The van der Waals surface area contributed by atoms with Crippen LogP contribution in [0.15, 0.2) is 36.7 Å². The molecule has 11 heteroatoms. The fraction of sp³-hybridized carbons (Fsp3) is 0.536. The van der Waals surface area contributed by atoms with Crippen molar-refractivity contribution in [1.29, 1.82) is 0 Å². The molecule has 210 valence electrons. The van der Waals surface area contributed by atoms with E-state index in [2.05, 4.69) is 51.1 Å². The van der Waals surface area contributed by atoms with Crippen LogP contribution < -0.4 is 15.1 Å². The van der Waals surface area contributed by atoms with Gasteiger partial charge in [0.05, 0.1) is 18.4 Å². The number of aromatic nitrogens is 3. The molecule has 1 aromatic carbocycles. The Kier molecular flexibility index (Phi) is 7.41. The average Bonchev–Trinajstić information content (AvgIpc) is 2.86. The molecule has 2 saturated heterocycles. The summed E-state index contributed by atoms with van der Waals surface area (Å²) in [6, 6.07) is 8.01. The van der Waals surface area contributed by atoms with E-state index in [1.54, 1.807) is 24.1 Å². The van der Waals surface area contributed by atoms with Crippen LogP contribution in [0.4, 0.5) is 27.7 Å². The number of pyridine rings is 1. The van der Waals surface area contributed by atoms with Gasteiger partial charge < -0.3 is 20.2 Å². The zero-order valence-electron chi connectivity index (χ0n) is 22.9. The number of hydrogen-bond donors (Lipinski definition) is 2. The molecule has 2 atom stereocenters. The molecule has 2 aromatic heterocycles. The van der Waals surface area contributed by atoms with Crippen LogP contribution in [0.5, 0.6) is 0 Å². The highest BCUT2D eigenvalue weighted by Gasteiger charge is 2.42. The lowest BCUT2D eigenvalue weighted by molar-refractivity contribution is -0.0238. The Balaban J connectivity index is 1.39. The van der Waals surface area contributed by atoms with Gasteiger partial charge in [-0.2, -0.15) is 4.98 Å². The van der Waals surface area contributed by atoms with Crippen LogP contribution in [0.3, 0.4) is 0 Å². The van der Waals surface area contributed by atoms with Gasteiger partial charge in [0.1, 0.15) is 21.5 Å². The molecule has 5 rings (SSSR count). The molecule has 2 N–H and O–H groups in total. The molecule has 0 radical (unpaired) electrons. The predicted octanol–water partition coefficient (Wildman–Crippen LogP) is 4.06. The lowest BCUT2D eigenvalue weighted by Crippen LogP contribution is -2.54. The monoisotopic (exact) mass is 556 g/mol. The Morgan fingerprint density at radius 1 is 1.15 bits per heavy atom. The van der Waals surface area contributed by atoms with Gasteiger partial charge in [-0.1, -0.05) is 26.8 Å². The zero-order valence-corrected chi connectivity index (χ0v) is 23.7. The molecule has 0 unspecified atom stereocenters. The number of aliphatic hydroxyl groups is 1. The van der Waals surface area contributed by atoms with Gasteiger partial charge in [0.2, 0.25) is 5.95 Å². The van der Waals surface area contributed by atoms with Crippen molar-refractivity contribution in [1.82, 2.24) is 15.0 Å². The smallest absolute Gasteiger partial charge is 0.227 e. The summed E-state index contributed by atoms with van der Waals surface area (Å²) in [6.07, 6.45) is 4.34. The van der Waals surface area contributed by atoms with E-state index in [0.717, 1.165) is 16.5 Å². The number of piperidine rings is 1. The summed E-state index contributed by atoms with van der Waals surface area (Å²) in [5, 5.41) is 15.5. The Morgan fingerprint density at radius 2 is 1.92 bits per heavy atom. The van der Waals surface area contributed by atoms with E-state index in [1.165, 1.54) is 11.8 Å². The quantitative estimate of drug-likeness (QED) is 0.424. The number of nitrogens with one attached hydrogen (secondary N) is 1. The van der Waals surface area contributed by atoms with Crippen LogP contribution in [-0.2, 0) is 9.84 Å². The van der Waals surface area contributed by atoms with Crippen molar-refractivity contribution in [3.05, 3.63) is 42.2 Å². The van der Waals surface area contributed by atoms with Gasteiger partial charge in [-0.15, -0.1) is 0 Å². The number of alkyl halides is 1. The fourth-order valence-corrected chi connectivity index (χ4v) is 6.72. The highest BCUT2D eigenvalue weighted by molar-refractivity contribution is 7.90. The van der Waals surface area contributed by atoms with Crippen molar-refractivity contribution in [2.24, 2.45) is 5.92 Å². The number of rotatable bonds is 8. The van der Waals surface area contributed by atoms with Gasteiger partial charge in [-0.05, 0) is 47.9 Å². The molecule has 2 fully saturated rings. The van der Waals surface area contributed by atoms with E-state index in [4.69, 9.17) is 0 Å². The van der Waals surface area contributed by atoms with Crippen LogP contribution in [0.2, 0.25) is 0 Å². The minimum atomic E-state index is -3.00. The van der Waals surface area contributed by atoms with E-state index in [0.29, 0.717) is 49.6 Å². The molecule has 0 saturated carbocycles. The maximum Gasteiger partial charge on any atom is 0.227 e. The first kappa shape index (κ1) is 27.5. The van der Waals surface area contributed by atoms with Gasteiger partial charge in [0.15, 0.2) is 5.67 Å². The number of anilines is 4. The van der Waals surface area contributed by atoms with Crippen molar-refractivity contribution in [2.45, 2.75) is 51.3 Å². The van der Waals surface area contributed by atoms with Crippen LogP contribution in [0, 0.1) is 5.92 Å². The molecular weight excluding hydrogens is 519 g/mol. The molecule has 0 bridgehead atoms. The third-order valence-corrected chi connectivity index (χ3v) is 8.94. The number of halogens is 1. The third-order valence-electron chi connectivity index (χ3n) is 7.86. The first-order valence-electron chi connectivity index (χ1n) is 13.5. The molecule has 2 aliphatic heterocycles. The number of hydrogen-bond acceptors (Lipinski definition) is 9. The van der Waals surface area contributed by atoms with Gasteiger partial charge >= 0.3 is 0 Å². The van der Waals surface area contributed by atoms with Crippen molar-refractivity contribution in [2.75, 3.05) is 53.3 Å². The second-order valence-corrected chi connectivity index (χ2v) is 13.5. The SMILES string of the molecule is CC[C@@]1(F)CN(c2nccc(Nc3cc4c(C(C)C)ccc(N5CC(CS(C)(=O)=O)C5)c4cn3)n2)CC[C@@H]1O. The van der Waals surface area contributed by atoms with Crippen molar-refractivity contribution in [3.63, 3.8) is 0 Å². The van der Waals surface area contributed by atoms with Crippen molar-refractivity contribution < 1.29 is 17.9 Å². The minimum Gasteiger partial charge on any atom is -0.390 e. The molecule has 0 amide bonds. The summed E-state index contributed by atoms with van der Waals surface area (Å²) in [7, 11) is -3.00. The predicted molar refractivity (Wildman–Crippen MR) is 154 cm³/mol. The molecule has 0 spiro atoms. The van der Waals surface area contributed by atoms with E-state index in [1.807, 2.05) is 12.3 Å². The Bertz CT molecular complexity index is 1460. The summed E-state index contributed by atoms with van der Waals surface area (Å²) >= 11 is 0. The summed E-state index contributed by atoms with van der Waals surface area (Å²) in [6.45, 7) is 7.99. The molecular formula is C28H37FN6O3S. The second-order valence-electron chi connectivity index (χ2n) is 11.3. The first-order valence-corrected chi connectivity index (χ1v) is 15.6. The zero-order chi connectivity index (χ0) is 27.9. The first-order chi connectivity index (χ1) is 18.5. The van der Waals surface area contributed by atoms with Crippen LogP contribution in [-0.4, -0.2) is 78.4 Å².